The zero-order valence-electron chi connectivity index (χ0n) is 5.70. The first-order chi connectivity index (χ1) is 4.84. The molecule has 10 heavy (non-hydrogen) atoms. The zero-order chi connectivity index (χ0) is 7.40. The summed E-state index contributed by atoms with van der Waals surface area (Å²) in [5.41, 5.74) is 1.79. The second-order valence-corrected chi connectivity index (χ2v) is 1.97. The Morgan fingerprint density at radius 2 is 2.50 bits per heavy atom. The van der Waals surface area contributed by atoms with Gasteiger partial charge in [-0.25, -0.2) is 9.97 Å². The number of hydrogen-bond acceptors (Lipinski definition) is 3. The Balaban J connectivity index is 2.94. The quantitative estimate of drug-likeness (QED) is 0.570. The monoisotopic (exact) mass is 133 g/mol. The lowest BCUT2D eigenvalue weighted by atomic mass is 10.2. The van der Waals surface area contributed by atoms with Gasteiger partial charge in [-0.15, -0.1) is 0 Å². The SMILES string of the molecule is Cc1ncncc1CC#N. The highest BCUT2D eigenvalue weighted by molar-refractivity contribution is 5.17. The molecule has 0 spiro atoms. The van der Waals surface area contributed by atoms with Crippen molar-refractivity contribution >= 4 is 0 Å². The van der Waals surface area contributed by atoms with E-state index < -0.39 is 0 Å². The van der Waals surface area contributed by atoms with E-state index in [1.165, 1.54) is 6.33 Å². The highest BCUT2D eigenvalue weighted by atomic mass is 14.8. The van der Waals surface area contributed by atoms with Crippen molar-refractivity contribution in [2.45, 2.75) is 13.3 Å². The van der Waals surface area contributed by atoms with Crippen LogP contribution in [0.2, 0.25) is 0 Å². The van der Waals surface area contributed by atoms with Crippen LogP contribution in [0.15, 0.2) is 12.5 Å². The van der Waals surface area contributed by atoms with Gasteiger partial charge in [-0.05, 0) is 6.92 Å². The van der Waals surface area contributed by atoms with Gasteiger partial charge in [0, 0.05) is 17.5 Å². The summed E-state index contributed by atoms with van der Waals surface area (Å²) in [5, 5.41) is 8.34. The molecule has 0 N–H and O–H groups in total. The Kier molecular flexibility index (Phi) is 1.96. The van der Waals surface area contributed by atoms with Crippen LogP contribution in [-0.2, 0) is 6.42 Å². The third-order valence-corrected chi connectivity index (χ3v) is 1.28. The van der Waals surface area contributed by atoms with Crippen LogP contribution < -0.4 is 0 Å². The number of hydrogen-bond donors (Lipinski definition) is 0. The highest BCUT2D eigenvalue weighted by Gasteiger charge is 1.95. The summed E-state index contributed by atoms with van der Waals surface area (Å²) in [4.78, 5) is 7.74. The first kappa shape index (κ1) is 6.69. The molecular formula is C7H7N3. The third kappa shape index (κ3) is 1.29. The van der Waals surface area contributed by atoms with Gasteiger partial charge in [0.25, 0.3) is 0 Å². The maximum atomic E-state index is 8.34. The van der Waals surface area contributed by atoms with E-state index in [2.05, 4.69) is 9.97 Å². The Morgan fingerprint density at radius 1 is 1.70 bits per heavy atom. The van der Waals surface area contributed by atoms with Gasteiger partial charge in [0.1, 0.15) is 6.33 Å². The second kappa shape index (κ2) is 2.92. The fourth-order valence-corrected chi connectivity index (χ4v) is 0.678. The summed E-state index contributed by atoms with van der Waals surface area (Å²) in [5.74, 6) is 0. The smallest absolute Gasteiger partial charge is 0.115 e. The average molecular weight is 133 g/mol. The molecule has 0 atom stereocenters. The zero-order valence-corrected chi connectivity index (χ0v) is 5.70. The average Bonchev–Trinajstić information content (AvgIpc) is 1.94. The van der Waals surface area contributed by atoms with Gasteiger partial charge in [-0.3, -0.25) is 0 Å². The van der Waals surface area contributed by atoms with Crippen LogP contribution in [0.25, 0.3) is 0 Å². The molecule has 1 aromatic heterocycles. The molecule has 0 unspecified atom stereocenters. The van der Waals surface area contributed by atoms with E-state index in [0.717, 1.165) is 11.3 Å². The predicted molar refractivity (Wildman–Crippen MR) is 36.1 cm³/mol. The van der Waals surface area contributed by atoms with Gasteiger partial charge in [0.05, 0.1) is 12.5 Å². The highest BCUT2D eigenvalue weighted by Crippen LogP contribution is 2.00. The minimum Gasteiger partial charge on any atom is -0.244 e. The predicted octanol–water partition coefficient (Wildman–Crippen LogP) is 0.851. The van der Waals surface area contributed by atoms with Gasteiger partial charge in [-0.2, -0.15) is 5.26 Å². The molecule has 3 nitrogen and oxygen atoms in total. The maximum absolute atomic E-state index is 8.34. The molecule has 0 fully saturated rings. The minimum atomic E-state index is 0.396. The second-order valence-electron chi connectivity index (χ2n) is 1.97. The molecule has 0 aliphatic rings. The Morgan fingerprint density at radius 3 is 3.10 bits per heavy atom. The van der Waals surface area contributed by atoms with Crippen LogP contribution in [0.3, 0.4) is 0 Å². The molecule has 0 saturated heterocycles. The van der Waals surface area contributed by atoms with E-state index in [0.29, 0.717) is 6.42 Å². The maximum Gasteiger partial charge on any atom is 0.115 e. The molecule has 0 radical (unpaired) electrons. The molecule has 0 aromatic carbocycles. The van der Waals surface area contributed by atoms with Gasteiger partial charge in [-0.1, -0.05) is 0 Å². The fraction of sp³-hybridized carbons (Fsp3) is 0.286. The van der Waals surface area contributed by atoms with Crippen molar-refractivity contribution in [2.24, 2.45) is 0 Å². The molecule has 0 bridgehead atoms. The van der Waals surface area contributed by atoms with Crippen LogP contribution in [0.4, 0.5) is 0 Å². The topological polar surface area (TPSA) is 49.6 Å². The van der Waals surface area contributed by atoms with Crippen LogP contribution in [0, 0.1) is 18.3 Å². The van der Waals surface area contributed by atoms with E-state index in [4.69, 9.17) is 5.26 Å². The van der Waals surface area contributed by atoms with Crippen molar-refractivity contribution in [3.63, 3.8) is 0 Å². The van der Waals surface area contributed by atoms with Crippen LogP contribution >= 0.6 is 0 Å². The van der Waals surface area contributed by atoms with Crippen LogP contribution in [-0.4, -0.2) is 9.97 Å². The largest absolute Gasteiger partial charge is 0.244 e. The Hall–Kier alpha value is -1.43. The number of aromatic nitrogens is 2. The third-order valence-electron chi connectivity index (χ3n) is 1.28. The fourth-order valence-electron chi connectivity index (χ4n) is 0.678. The molecule has 3 heteroatoms. The van der Waals surface area contributed by atoms with Gasteiger partial charge in [0.15, 0.2) is 0 Å². The molecule has 50 valence electrons. The standard InChI is InChI=1S/C7H7N3/c1-6-7(2-3-8)4-9-5-10-6/h4-5H,2H2,1H3. The Labute approximate surface area is 59.4 Å². The lowest BCUT2D eigenvalue weighted by Crippen LogP contribution is -1.91. The van der Waals surface area contributed by atoms with Crippen LogP contribution in [0.1, 0.15) is 11.3 Å². The van der Waals surface area contributed by atoms with Gasteiger partial charge >= 0.3 is 0 Å². The molecule has 1 rings (SSSR count). The van der Waals surface area contributed by atoms with Gasteiger partial charge in [0.2, 0.25) is 0 Å². The van der Waals surface area contributed by atoms with E-state index in [1.807, 2.05) is 13.0 Å². The summed E-state index contributed by atoms with van der Waals surface area (Å²) in [6.45, 7) is 1.87. The summed E-state index contributed by atoms with van der Waals surface area (Å²) in [7, 11) is 0. The molecule has 0 amide bonds. The number of rotatable bonds is 1. The summed E-state index contributed by atoms with van der Waals surface area (Å²) >= 11 is 0. The lowest BCUT2D eigenvalue weighted by molar-refractivity contribution is 1.03. The van der Waals surface area contributed by atoms with E-state index in [1.54, 1.807) is 6.20 Å². The number of nitriles is 1. The molecule has 0 aliphatic carbocycles. The normalized spacial score (nSPS) is 8.80. The van der Waals surface area contributed by atoms with E-state index in [9.17, 15) is 0 Å². The summed E-state index contributed by atoms with van der Waals surface area (Å²) < 4.78 is 0. The first-order valence-electron chi connectivity index (χ1n) is 2.97. The molecule has 1 heterocycles. The van der Waals surface area contributed by atoms with Gasteiger partial charge < -0.3 is 0 Å². The van der Waals surface area contributed by atoms with E-state index in [-0.39, 0.29) is 0 Å². The molecule has 1 aromatic rings. The first-order valence-corrected chi connectivity index (χ1v) is 2.97. The molecule has 0 aliphatic heterocycles. The minimum absolute atomic E-state index is 0.396. The Bertz CT molecular complexity index is 262. The molecule has 0 saturated carbocycles. The lowest BCUT2D eigenvalue weighted by Gasteiger charge is -1.95. The number of nitrogens with zero attached hydrogens (tertiary/aromatic N) is 3. The van der Waals surface area contributed by atoms with Crippen molar-refractivity contribution in [2.75, 3.05) is 0 Å². The number of aryl methyl sites for hydroxylation is 1. The molecular weight excluding hydrogens is 126 g/mol. The van der Waals surface area contributed by atoms with Crippen molar-refractivity contribution in [1.82, 2.24) is 9.97 Å². The van der Waals surface area contributed by atoms with Crippen LogP contribution in [0.5, 0.6) is 0 Å². The van der Waals surface area contributed by atoms with Crippen molar-refractivity contribution in [3.8, 4) is 6.07 Å². The van der Waals surface area contributed by atoms with Crippen molar-refractivity contribution in [1.29, 1.82) is 5.26 Å². The van der Waals surface area contributed by atoms with Crippen molar-refractivity contribution < 1.29 is 0 Å². The van der Waals surface area contributed by atoms with Crippen molar-refractivity contribution in [3.05, 3.63) is 23.8 Å². The summed E-state index contributed by atoms with van der Waals surface area (Å²) in [6.07, 6.45) is 3.55. The summed E-state index contributed by atoms with van der Waals surface area (Å²) in [6, 6.07) is 2.04. The van der Waals surface area contributed by atoms with E-state index >= 15 is 0 Å².